The second-order valence-electron chi connectivity index (χ2n) is 4.59. The van der Waals surface area contributed by atoms with Crippen LogP contribution in [0.3, 0.4) is 0 Å². The van der Waals surface area contributed by atoms with E-state index in [4.69, 9.17) is 0 Å². The molecular formula is C11H19N3O2S. The number of imidazole rings is 1. The van der Waals surface area contributed by atoms with Crippen LogP contribution in [-0.2, 0) is 10.0 Å². The number of aryl methyl sites for hydroxylation is 1. The summed E-state index contributed by atoms with van der Waals surface area (Å²) in [6, 6.07) is 0. The quantitative estimate of drug-likeness (QED) is 0.870. The smallest absolute Gasteiger partial charge is 0.260 e. The van der Waals surface area contributed by atoms with Crippen molar-refractivity contribution in [3.8, 4) is 0 Å². The van der Waals surface area contributed by atoms with Crippen LogP contribution >= 0.6 is 0 Å². The van der Waals surface area contributed by atoms with Gasteiger partial charge in [-0.1, -0.05) is 13.3 Å². The molecule has 17 heavy (non-hydrogen) atoms. The van der Waals surface area contributed by atoms with E-state index in [9.17, 15) is 8.42 Å². The Morgan fingerprint density at radius 3 is 2.65 bits per heavy atom. The van der Waals surface area contributed by atoms with Gasteiger partial charge in [-0.15, -0.1) is 0 Å². The molecule has 0 amide bonds. The van der Waals surface area contributed by atoms with Gasteiger partial charge in [-0.25, -0.2) is 13.4 Å². The van der Waals surface area contributed by atoms with E-state index in [1.165, 1.54) is 12.6 Å². The van der Waals surface area contributed by atoms with Crippen LogP contribution in [0.15, 0.2) is 11.2 Å². The van der Waals surface area contributed by atoms with E-state index in [1.54, 1.807) is 11.2 Å². The zero-order valence-electron chi connectivity index (χ0n) is 10.3. The standard InChI is InChI=1S/C11H19N3O2S/c1-3-14(8-10-5-4-6-10)17(15,16)11-7-12-9(2)13-11/h7,10H,3-6,8H2,1-2H3,(H,12,13). The van der Waals surface area contributed by atoms with Crippen LogP contribution in [-0.4, -0.2) is 35.8 Å². The monoisotopic (exact) mass is 257 g/mol. The van der Waals surface area contributed by atoms with Crippen LogP contribution in [0.1, 0.15) is 32.0 Å². The Labute approximate surface area is 102 Å². The lowest BCUT2D eigenvalue weighted by Gasteiger charge is -2.30. The van der Waals surface area contributed by atoms with Crippen molar-refractivity contribution in [3.63, 3.8) is 0 Å². The van der Waals surface area contributed by atoms with Gasteiger partial charge < -0.3 is 4.98 Å². The molecule has 0 aliphatic heterocycles. The van der Waals surface area contributed by atoms with Crippen molar-refractivity contribution in [2.24, 2.45) is 5.92 Å². The minimum atomic E-state index is -3.39. The number of aromatic nitrogens is 2. The molecule has 0 unspecified atom stereocenters. The molecule has 0 spiro atoms. The average Bonchev–Trinajstić information content (AvgIpc) is 2.63. The van der Waals surface area contributed by atoms with Crippen molar-refractivity contribution in [1.29, 1.82) is 0 Å². The molecule has 1 aromatic rings. The van der Waals surface area contributed by atoms with Crippen molar-refractivity contribution in [3.05, 3.63) is 12.0 Å². The highest BCUT2D eigenvalue weighted by molar-refractivity contribution is 7.89. The van der Waals surface area contributed by atoms with Gasteiger partial charge in [0.25, 0.3) is 10.0 Å². The zero-order valence-corrected chi connectivity index (χ0v) is 11.1. The van der Waals surface area contributed by atoms with Gasteiger partial charge in [-0.3, -0.25) is 0 Å². The second kappa shape index (κ2) is 4.78. The van der Waals surface area contributed by atoms with Gasteiger partial charge in [-0.05, 0) is 25.7 Å². The van der Waals surface area contributed by atoms with E-state index in [0.29, 0.717) is 24.8 Å². The Hall–Kier alpha value is -0.880. The first-order chi connectivity index (χ1) is 8.04. The molecule has 0 radical (unpaired) electrons. The van der Waals surface area contributed by atoms with E-state index in [2.05, 4.69) is 9.97 Å². The van der Waals surface area contributed by atoms with E-state index < -0.39 is 10.0 Å². The van der Waals surface area contributed by atoms with Crippen molar-refractivity contribution in [1.82, 2.24) is 14.3 Å². The molecule has 1 aliphatic rings. The molecule has 5 nitrogen and oxygen atoms in total. The van der Waals surface area contributed by atoms with Crippen LogP contribution in [0.4, 0.5) is 0 Å². The Morgan fingerprint density at radius 2 is 2.24 bits per heavy atom. The van der Waals surface area contributed by atoms with Crippen molar-refractivity contribution in [2.45, 2.75) is 38.1 Å². The maximum absolute atomic E-state index is 12.3. The largest absolute Gasteiger partial charge is 0.332 e. The summed E-state index contributed by atoms with van der Waals surface area (Å²) in [4.78, 5) is 6.75. The SMILES string of the molecule is CCN(CC1CCC1)S(=O)(=O)c1cnc(C)[nH]1. The van der Waals surface area contributed by atoms with Crippen molar-refractivity contribution in [2.75, 3.05) is 13.1 Å². The number of rotatable bonds is 5. The second-order valence-corrected chi connectivity index (χ2v) is 6.49. The minimum absolute atomic E-state index is 0.205. The molecule has 1 aromatic heterocycles. The van der Waals surface area contributed by atoms with Crippen LogP contribution < -0.4 is 0 Å². The molecule has 1 aliphatic carbocycles. The van der Waals surface area contributed by atoms with Gasteiger partial charge in [-0.2, -0.15) is 4.31 Å². The summed E-state index contributed by atoms with van der Waals surface area (Å²) in [6.07, 6.45) is 4.92. The summed E-state index contributed by atoms with van der Waals surface area (Å²) in [5.41, 5.74) is 0. The summed E-state index contributed by atoms with van der Waals surface area (Å²) < 4.78 is 26.2. The summed E-state index contributed by atoms with van der Waals surface area (Å²) in [5.74, 6) is 1.16. The molecule has 1 fully saturated rings. The van der Waals surface area contributed by atoms with Gasteiger partial charge in [0, 0.05) is 13.1 Å². The summed E-state index contributed by atoms with van der Waals surface area (Å²) in [7, 11) is -3.39. The molecule has 0 saturated heterocycles. The van der Waals surface area contributed by atoms with Crippen molar-refractivity contribution >= 4 is 10.0 Å². The third kappa shape index (κ3) is 2.52. The number of hydrogen-bond donors (Lipinski definition) is 1. The summed E-state index contributed by atoms with van der Waals surface area (Å²) in [6.45, 7) is 4.77. The van der Waals surface area contributed by atoms with Crippen molar-refractivity contribution < 1.29 is 8.42 Å². The Bertz CT molecular complexity index is 477. The molecule has 2 rings (SSSR count). The molecule has 1 saturated carbocycles. The van der Waals surface area contributed by atoms with Gasteiger partial charge >= 0.3 is 0 Å². The van der Waals surface area contributed by atoms with Gasteiger partial charge in [0.1, 0.15) is 5.82 Å². The Balaban J connectivity index is 2.16. The van der Waals surface area contributed by atoms with E-state index in [0.717, 1.165) is 12.8 Å². The van der Waals surface area contributed by atoms with Gasteiger partial charge in [0.2, 0.25) is 0 Å². The molecule has 0 aromatic carbocycles. The average molecular weight is 257 g/mol. The molecular weight excluding hydrogens is 238 g/mol. The topological polar surface area (TPSA) is 66.1 Å². The van der Waals surface area contributed by atoms with Crippen LogP contribution in [0.25, 0.3) is 0 Å². The number of sulfonamides is 1. The molecule has 0 bridgehead atoms. The highest BCUT2D eigenvalue weighted by Crippen LogP contribution is 2.28. The highest BCUT2D eigenvalue weighted by atomic mass is 32.2. The fourth-order valence-electron chi connectivity index (χ4n) is 2.03. The first-order valence-corrected chi connectivity index (χ1v) is 7.49. The van der Waals surface area contributed by atoms with Crippen LogP contribution in [0.2, 0.25) is 0 Å². The predicted octanol–water partition coefficient (Wildman–Crippen LogP) is 1.53. The first kappa shape index (κ1) is 12.6. The minimum Gasteiger partial charge on any atom is -0.332 e. The fraction of sp³-hybridized carbons (Fsp3) is 0.727. The molecule has 1 heterocycles. The third-order valence-electron chi connectivity index (χ3n) is 3.34. The number of hydrogen-bond acceptors (Lipinski definition) is 3. The molecule has 6 heteroatoms. The maximum atomic E-state index is 12.3. The lowest BCUT2D eigenvalue weighted by Crippen LogP contribution is -2.37. The normalized spacial score (nSPS) is 17.4. The highest BCUT2D eigenvalue weighted by Gasteiger charge is 2.29. The number of nitrogens with one attached hydrogen (secondary N) is 1. The van der Waals surface area contributed by atoms with Crippen LogP contribution in [0.5, 0.6) is 0 Å². The number of aromatic amines is 1. The van der Waals surface area contributed by atoms with E-state index in [1.807, 2.05) is 6.92 Å². The zero-order chi connectivity index (χ0) is 12.5. The Morgan fingerprint density at radius 1 is 1.53 bits per heavy atom. The molecule has 1 N–H and O–H groups in total. The maximum Gasteiger partial charge on any atom is 0.260 e. The van der Waals surface area contributed by atoms with Crippen LogP contribution in [0, 0.1) is 12.8 Å². The van der Waals surface area contributed by atoms with E-state index >= 15 is 0 Å². The molecule has 0 atom stereocenters. The van der Waals surface area contributed by atoms with Gasteiger partial charge in [0.05, 0.1) is 6.20 Å². The van der Waals surface area contributed by atoms with Gasteiger partial charge in [0.15, 0.2) is 5.03 Å². The Kier molecular flexibility index (Phi) is 3.53. The lowest BCUT2D eigenvalue weighted by molar-refractivity contribution is 0.249. The third-order valence-corrected chi connectivity index (χ3v) is 5.19. The summed E-state index contributed by atoms with van der Waals surface area (Å²) in [5, 5.41) is 0.205. The van der Waals surface area contributed by atoms with E-state index in [-0.39, 0.29) is 5.03 Å². The molecule has 96 valence electrons. The number of nitrogens with zero attached hydrogens (tertiary/aromatic N) is 2. The lowest BCUT2D eigenvalue weighted by atomic mass is 9.85. The summed E-state index contributed by atoms with van der Waals surface area (Å²) >= 11 is 0. The number of H-pyrrole nitrogens is 1. The fourth-order valence-corrected chi connectivity index (χ4v) is 3.52. The first-order valence-electron chi connectivity index (χ1n) is 6.05. The predicted molar refractivity (Wildman–Crippen MR) is 65.1 cm³/mol.